The second-order valence-electron chi connectivity index (χ2n) is 5.57. The first-order valence-electron chi connectivity index (χ1n) is 8.08. The van der Waals surface area contributed by atoms with Crippen molar-refractivity contribution >= 4 is 40.0 Å². The number of aromatic nitrogens is 2. The van der Waals surface area contributed by atoms with Crippen molar-refractivity contribution in [1.82, 2.24) is 9.97 Å². The van der Waals surface area contributed by atoms with Gasteiger partial charge < -0.3 is 10.1 Å². The van der Waals surface area contributed by atoms with Gasteiger partial charge in [-0.2, -0.15) is 0 Å². The van der Waals surface area contributed by atoms with Crippen molar-refractivity contribution < 1.29 is 14.5 Å². The third-order valence-corrected chi connectivity index (χ3v) is 4.13. The summed E-state index contributed by atoms with van der Waals surface area (Å²) in [7, 11) is 0. The molecule has 0 unspecified atom stereocenters. The lowest BCUT2D eigenvalue weighted by Crippen LogP contribution is -2.06. The Labute approximate surface area is 159 Å². The molecule has 0 bridgehead atoms. The van der Waals surface area contributed by atoms with E-state index in [2.05, 4.69) is 15.3 Å². The maximum absolute atomic E-state index is 11.7. The van der Waals surface area contributed by atoms with Gasteiger partial charge in [-0.15, -0.1) is 0 Å². The van der Waals surface area contributed by atoms with Gasteiger partial charge in [0.15, 0.2) is 0 Å². The van der Waals surface area contributed by atoms with Gasteiger partial charge in [0.2, 0.25) is 0 Å². The van der Waals surface area contributed by atoms with Crippen molar-refractivity contribution in [3.63, 3.8) is 0 Å². The van der Waals surface area contributed by atoms with Crippen LogP contribution < -0.4 is 5.32 Å². The van der Waals surface area contributed by atoms with Gasteiger partial charge >= 0.3 is 5.97 Å². The van der Waals surface area contributed by atoms with E-state index in [4.69, 9.17) is 16.3 Å². The lowest BCUT2D eigenvalue weighted by Gasteiger charge is -2.09. The fraction of sp³-hybridized carbons (Fsp3) is 0.167. The van der Waals surface area contributed by atoms with Crippen molar-refractivity contribution in [2.75, 3.05) is 11.9 Å². The Kier molecular flexibility index (Phi) is 5.46. The molecule has 0 radical (unpaired) electrons. The molecule has 1 N–H and O–H groups in total. The summed E-state index contributed by atoms with van der Waals surface area (Å²) in [5, 5.41) is 14.8. The molecule has 1 heterocycles. The highest BCUT2D eigenvalue weighted by molar-refractivity contribution is 6.33. The number of nitro benzene ring substituents is 1. The Balaban J connectivity index is 1.81. The molecule has 3 rings (SSSR count). The molecule has 0 spiro atoms. The molecule has 0 fully saturated rings. The molecule has 2 aromatic carbocycles. The van der Waals surface area contributed by atoms with Gasteiger partial charge in [-0.05, 0) is 30.7 Å². The lowest BCUT2D eigenvalue weighted by molar-refractivity contribution is -0.384. The quantitative estimate of drug-likeness (QED) is 0.387. The number of carbonyl (C=O) groups is 1. The number of ether oxygens (including phenoxy) is 1. The van der Waals surface area contributed by atoms with E-state index in [-0.39, 0.29) is 16.7 Å². The molecule has 0 saturated carbocycles. The van der Waals surface area contributed by atoms with Gasteiger partial charge in [-0.1, -0.05) is 23.7 Å². The number of carbonyl (C=O) groups excluding carboxylic acids is 1. The third kappa shape index (κ3) is 4.12. The number of esters is 1. The molecule has 8 nitrogen and oxygen atoms in total. The summed E-state index contributed by atoms with van der Waals surface area (Å²) in [5.41, 5.74) is 1.66. The summed E-state index contributed by atoms with van der Waals surface area (Å²) < 4.78 is 4.95. The minimum Gasteiger partial charge on any atom is -0.462 e. The maximum atomic E-state index is 11.7. The van der Waals surface area contributed by atoms with Crippen molar-refractivity contribution in [3.05, 3.63) is 69.0 Å². The van der Waals surface area contributed by atoms with Crippen LogP contribution in [0.5, 0.6) is 0 Å². The van der Waals surface area contributed by atoms with E-state index in [1.807, 2.05) is 0 Å². The number of nitrogens with one attached hydrogen (secondary N) is 1. The largest absolute Gasteiger partial charge is 0.462 e. The van der Waals surface area contributed by atoms with Crippen LogP contribution in [0.1, 0.15) is 22.8 Å². The zero-order valence-electron chi connectivity index (χ0n) is 14.3. The molecule has 27 heavy (non-hydrogen) atoms. The van der Waals surface area contributed by atoms with Gasteiger partial charge in [0.05, 0.1) is 22.6 Å². The molecule has 0 aliphatic heterocycles. The summed E-state index contributed by atoms with van der Waals surface area (Å²) in [5.74, 6) is 0.0808. The van der Waals surface area contributed by atoms with E-state index < -0.39 is 4.92 Å². The average Bonchev–Trinajstić information content (AvgIpc) is 2.66. The lowest BCUT2D eigenvalue weighted by atomic mass is 10.1. The number of fused-ring (bicyclic) bond motifs is 1. The molecule has 0 aliphatic rings. The Morgan fingerprint density at radius 3 is 2.67 bits per heavy atom. The van der Waals surface area contributed by atoms with E-state index in [1.165, 1.54) is 18.5 Å². The van der Waals surface area contributed by atoms with Crippen molar-refractivity contribution in [2.24, 2.45) is 0 Å². The van der Waals surface area contributed by atoms with Gasteiger partial charge in [-0.3, -0.25) is 10.1 Å². The fourth-order valence-electron chi connectivity index (χ4n) is 2.51. The molecule has 0 amide bonds. The number of rotatable bonds is 6. The van der Waals surface area contributed by atoms with Gasteiger partial charge in [-0.25, -0.2) is 14.8 Å². The van der Waals surface area contributed by atoms with Crippen LogP contribution in [0, 0.1) is 10.1 Å². The number of nitro groups is 1. The highest BCUT2D eigenvalue weighted by Crippen LogP contribution is 2.31. The van der Waals surface area contributed by atoms with E-state index in [0.717, 1.165) is 5.56 Å². The zero-order chi connectivity index (χ0) is 19.4. The number of nitrogens with zero attached hydrogens (tertiary/aromatic N) is 3. The molecule has 1 aromatic heterocycles. The standard InChI is InChI=1S/C18H15ClN4O4/c1-2-27-18(24)12-5-3-11(4-6-12)9-20-17-13-7-16(23(25)26)14(19)8-15(13)21-10-22-17/h3-8,10H,2,9H2,1H3,(H,20,21,22). The molecule has 0 atom stereocenters. The maximum Gasteiger partial charge on any atom is 0.338 e. The van der Waals surface area contributed by atoms with Crippen molar-refractivity contribution in [1.29, 1.82) is 0 Å². The first-order valence-corrected chi connectivity index (χ1v) is 8.46. The average molecular weight is 387 g/mol. The SMILES string of the molecule is CCOC(=O)c1ccc(CNc2ncnc3cc(Cl)c([N+](=O)[O-])cc23)cc1. The number of hydrogen-bond acceptors (Lipinski definition) is 7. The first kappa shape index (κ1) is 18.5. The minimum atomic E-state index is -0.549. The van der Waals surface area contributed by atoms with E-state index >= 15 is 0 Å². The van der Waals surface area contributed by atoms with Crippen LogP contribution in [0.2, 0.25) is 5.02 Å². The highest BCUT2D eigenvalue weighted by Gasteiger charge is 2.16. The van der Waals surface area contributed by atoms with Gasteiger partial charge in [0.1, 0.15) is 17.2 Å². The summed E-state index contributed by atoms with van der Waals surface area (Å²) in [6.45, 7) is 2.48. The van der Waals surface area contributed by atoms with Crippen LogP contribution in [-0.4, -0.2) is 27.5 Å². The first-order chi connectivity index (χ1) is 13.0. The summed E-state index contributed by atoms with van der Waals surface area (Å²) in [4.78, 5) is 30.5. The topological polar surface area (TPSA) is 107 Å². The van der Waals surface area contributed by atoms with E-state index in [1.54, 1.807) is 31.2 Å². The van der Waals surface area contributed by atoms with Crippen LogP contribution in [0.3, 0.4) is 0 Å². The Hall–Kier alpha value is -3.26. The van der Waals surface area contributed by atoms with Gasteiger partial charge in [0, 0.05) is 18.0 Å². The second-order valence-corrected chi connectivity index (χ2v) is 5.98. The van der Waals surface area contributed by atoms with Gasteiger partial charge in [0.25, 0.3) is 5.69 Å². The highest BCUT2D eigenvalue weighted by atomic mass is 35.5. The zero-order valence-corrected chi connectivity index (χ0v) is 15.1. The molecule has 9 heteroatoms. The molecule has 3 aromatic rings. The molecule has 138 valence electrons. The predicted octanol–water partition coefficient (Wildman–Crippen LogP) is 3.98. The molecule has 0 aliphatic carbocycles. The Morgan fingerprint density at radius 1 is 1.26 bits per heavy atom. The van der Waals surface area contributed by atoms with E-state index in [9.17, 15) is 14.9 Å². The number of anilines is 1. The summed E-state index contributed by atoms with van der Waals surface area (Å²) >= 11 is 5.93. The second kappa shape index (κ2) is 7.96. The van der Waals surface area contributed by atoms with Crippen LogP contribution in [-0.2, 0) is 11.3 Å². The minimum absolute atomic E-state index is 0.0201. The van der Waals surface area contributed by atoms with Crippen LogP contribution >= 0.6 is 11.6 Å². The summed E-state index contributed by atoms with van der Waals surface area (Å²) in [6, 6.07) is 9.74. The molecular formula is C18H15ClN4O4. The predicted molar refractivity (Wildman–Crippen MR) is 101 cm³/mol. The number of benzene rings is 2. The summed E-state index contributed by atoms with van der Waals surface area (Å²) in [6.07, 6.45) is 1.36. The number of hydrogen-bond donors (Lipinski definition) is 1. The van der Waals surface area contributed by atoms with E-state index in [0.29, 0.717) is 35.4 Å². The number of halogens is 1. The normalized spacial score (nSPS) is 10.6. The Bertz CT molecular complexity index is 1010. The van der Waals surface area contributed by atoms with Crippen molar-refractivity contribution in [3.8, 4) is 0 Å². The molecular weight excluding hydrogens is 372 g/mol. The van der Waals surface area contributed by atoms with Crippen LogP contribution in [0.4, 0.5) is 11.5 Å². The third-order valence-electron chi connectivity index (χ3n) is 3.83. The van der Waals surface area contributed by atoms with Crippen LogP contribution in [0.25, 0.3) is 10.9 Å². The molecule has 0 saturated heterocycles. The smallest absolute Gasteiger partial charge is 0.338 e. The fourth-order valence-corrected chi connectivity index (χ4v) is 2.73. The van der Waals surface area contributed by atoms with Crippen molar-refractivity contribution in [2.45, 2.75) is 13.5 Å². The van der Waals surface area contributed by atoms with Crippen LogP contribution in [0.15, 0.2) is 42.7 Å². The Morgan fingerprint density at radius 2 is 2.00 bits per heavy atom. The monoisotopic (exact) mass is 386 g/mol.